The highest BCUT2D eigenvalue weighted by molar-refractivity contribution is 9.10. The van der Waals surface area contributed by atoms with E-state index < -0.39 is 5.97 Å². The van der Waals surface area contributed by atoms with E-state index in [1.165, 1.54) is 13.2 Å². The molecule has 0 aromatic heterocycles. The third kappa shape index (κ3) is 3.82. The standard InChI is InChI=1S/C16H14BrFO3/c1-10-3-6-13(8-15(10)18)21-9-12-5-4-11(7-14(12)17)16(19)20-2/h3-8H,9H2,1-2H3. The van der Waals surface area contributed by atoms with Crippen molar-refractivity contribution >= 4 is 21.9 Å². The number of halogens is 2. The topological polar surface area (TPSA) is 35.5 Å². The molecule has 0 saturated heterocycles. The van der Waals surface area contributed by atoms with E-state index in [4.69, 9.17) is 4.74 Å². The first-order valence-electron chi connectivity index (χ1n) is 6.27. The van der Waals surface area contributed by atoms with Crippen LogP contribution in [0.5, 0.6) is 5.75 Å². The van der Waals surface area contributed by atoms with Crippen LogP contribution in [0.2, 0.25) is 0 Å². The van der Waals surface area contributed by atoms with E-state index in [1.54, 1.807) is 37.3 Å². The molecule has 0 atom stereocenters. The molecular weight excluding hydrogens is 339 g/mol. The van der Waals surface area contributed by atoms with Gasteiger partial charge in [-0.15, -0.1) is 0 Å². The van der Waals surface area contributed by atoms with Gasteiger partial charge in [0.25, 0.3) is 0 Å². The Labute approximate surface area is 130 Å². The second kappa shape index (κ2) is 6.72. The van der Waals surface area contributed by atoms with Crippen LogP contribution in [0, 0.1) is 12.7 Å². The van der Waals surface area contributed by atoms with E-state index in [-0.39, 0.29) is 12.4 Å². The van der Waals surface area contributed by atoms with Gasteiger partial charge >= 0.3 is 5.97 Å². The molecular formula is C16H14BrFO3. The highest BCUT2D eigenvalue weighted by Crippen LogP contribution is 2.22. The van der Waals surface area contributed by atoms with Gasteiger partial charge in [-0.3, -0.25) is 0 Å². The molecule has 21 heavy (non-hydrogen) atoms. The molecule has 0 heterocycles. The van der Waals surface area contributed by atoms with Crippen molar-refractivity contribution in [2.75, 3.05) is 7.11 Å². The third-order valence-corrected chi connectivity index (χ3v) is 3.75. The van der Waals surface area contributed by atoms with Crippen LogP contribution in [0.4, 0.5) is 4.39 Å². The van der Waals surface area contributed by atoms with Gasteiger partial charge in [-0.2, -0.15) is 0 Å². The predicted octanol–water partition coefficient (Wildman–Crippen LogP) is 4.26. The van der Waals surface area contributed by atoms with Crippen molar-refractivity contribution in [3.63, 3.8) is 0 Å². The fraction of sp³-hybridized carbons (Fsp3) is 0.188. The van der Waals surface area contributed by atoms with Crippen LogP contribution in [-0.2, 0) is 11.3 Å². The lowest BCUT2D eigenvalue weighted by molar-refractivity contribution is 0.0600. The van der Waals surface area contributed by atoms with Crippen molar-refractivity contribution in [2.24, 2.45) is 0 Å². The van der Waals surface area contributed by atoms with Crippen LogP contribution < -0.4 is 4.74 Å². The van der Waals surface area contributed by atoms with Crippen LogP contribution in [0.3, 0.4) is 0 Å². The summed E-state index contributed by atoms with van der Waals surface area (Å²) in [7, 11) is 1.33. The molecule has 2 aromatic rings. The molecule has 0 aliphatic rings. The summed E-state index contributed by atoms with van der Waals surface area (Å²) in [5.41, 5.74) is 1.88. The third-order valence-electron chi connectivity index (χ3n) is 3.01. The summed E-state index contributed by atoms with van der Waals surface area (Å²) >= 11 is 3.38. The molecule has 2 aromatic carbocycles. The number of benzene rings is 2. The zero-order valence-corrected chi connectivity index (χ0v) is 13.2. The van der Waals surface area contributed by atoms with Gasteiger partial charge in [0, 0.05) is 16.1 Å². The average Bonchev–Trinajstić information content (AvgIpc) is 2.48. The van der Waals surface area contributed by atoms with E-state index in [2.05, 4.69) is 20.7 Å². The minimum Gasteiger partial charge on any atom is -0.489 e. The van der Waals surface area contributed by atoms with E-state index >= 15 is 0 Å². The molecule has 0 radical (unpaired) electrons. The zero-order valence-electron chi connectivity index (χ0n) is 11.7. The number of aryl methyl sites for hydroxylation is 1. The number of hydrogen-bond donors (Lipinski definition) is 0. The Bertz CT molecular complexity index is 671. The lowest BCUT2D eigenvalue weighted by atomic mass is 10.1. The minimum absolute atomic E-state index is 0.268. The molecule has 5 heteroatoms. The van der Waals surface area contributed by atoms with Gasteiger partial charge in [0.2, 0.25) is 0 Å². The first-order chi connectivity index (χ1) is 10.0. The number of rotatable bonds is 4. The van der Waals surface area contributed by atoms with Crippen molar-refractivity contribution in [3.8, 4) is 5.75 Å². The number of ether oxygens (including phenoxy) is 2. The summed E-state index contributed by atoms with van der Waals surface area (Å²) in [4.78, 5) is 11.4. The summed E-state index contributed by atoms with van der Waals surface area (Å²) in [6.07, 6.45) is 0. The molecule has 2 rings (SSSR count). The second-order valence-electron chi connectivity index (χ2n) is 4.50. The average molecular weight is 353 g/mol. The Morgan fingerprint density at radius 2 is 2.00 bits per heavy atom. The number of carbonyl (C=O) groups is 1. The molecule has 110 valence electrons. The monoisotopic (exact) mass is 352 g/mol. The van der Waals surface area contributed by atoms with Crippen molar-refractivity contribution in [1.82, 2.24) is 0 Å². The molecule has 3 nitrogen and oxygen atoms in total. The molecule has 0 N–H and O–H groups in total. The summed E-state index contributed by atoms with van der Waals surface area (Å²) in [6.45, 7) is 1.96. The minimum atomic E-state index is -0.399. The molecule has 0 unspecified atom stereocenters. The summed E-state index contributed by atoms with van der Waals surface area (Å²) < 4.78 is 24.4. The molecule has 0 amide bonds. The molecule has 0 spiro atoms. The summed E-state index contributed by atoms with van der Waals surface area (Å²) in [6, 6.07) is 9.83. The number of methoxy groups -OCH3 is 1. The Balaban J connectivity index is 2.09. The summed E-state index contributed by atoms with van der Waals surface area (Å²) in [5, 5.41) is 0. The molecule has 0 bridgehead atoms. The van der Waals surface area contributed by atoms with Gasteiger partial charge in [0.05, 0.1) is 12.7 Å². The van der Waals surface area contributed by atoms with E-state index in [9.17, 15) is 9.18 Å². The van der Waals surface area contributed by atoms with E-state index in [0.29, 0.717) is 16.9 Å². The lowest BCUT2D eigenvalue weighted by Crippen LogP contribution is -2.03. The highest BCUT2D eigenvalue weighted by Gasteiger charge is 2.09. The first-order valence-corrected chi connectivity index (χ1v) is 7.06. The van der Waals surface area contributed by atoms with Gasteiger partial charge in [-0.25, -0.2) is 9.18 Å². The van der Waals surface area contributed by atoms with Gasteiger partial charge in [-0.05, 0) is 30.7 Å². The first kappa shape index (κ1) is 15.5. The van der Waals surface area contributed by atoms with Crippen molar-refractivity contribution < 1.29 is 18.7 Å². The largest absolute Gasteiger partial charge is 0.489 e. The molecule has 0 fully saturated rings. The van der Waals surface area contributed by atoms with Gasteiger partial charge in [0.1, 0.15) is 18.2 Å². The van der Waals surface area contributed by atoms with Crippen LogP contribution in [-0.4, -0.2) is 13.1 Å². The summed E-state index contributed by atoms with van der Waals surface area (Å²) in [5.74, 6) is -0.238. The Morgan fingerprint density at radius 1 is 1.24 bits per heavy atom. The Kier molecular flexibility index (Phi) is 4.96. The van der Waals surface area contributed by atoms with E-state index in [1.807, 2.05) is 0 Å². The maximum Gasteiger partial charge on any atom is 0.337 e. The van der Waals surface area contributed by atoms with Crippen molar-refractivity contribution in [2.45, 2.75) is 13.5 Å². The fourth-order valence-corrected chi connectivity index (χ4v) is 2.23. The Hall–Kier alpha value is -1.88. The van der Waals surface area contributed by atoms with Crippen LogP contribution >= 0.6 is 15.9 Å². The zero-order chi connectivity index (χ0) is 15.4. The second-order valence-corrected chi connectivity index (χ2v) is 5.35. The van der Waals surface area contributed by atoms with E-state index in [0.717, 1.165) is 10.0 Å². The fourth-order valence-electron chi connectivity index (χ4n) is 1.73. The van der Waals surface area contributed by atoms with Gasteiger partial charge in [0.15, 0.2) is 0 Å². The number of esters is 1. The smallest absolute Gasteiger partial charge is 0.337 e. The highest BCUT2D eigenvalue weighted by atomic mass is 79.9. The van der Waals surface area contributed by atoms with Gasteiger partial charge < -0.3 is 9.47 Å². The van der Waals surface area contributed by atoms with Crippen LogP contribution in [0.25, 0.3) is 0 Å². The van der Waals surface area contributed by atoms with Crippen molar-refractivity contribution in [1.29, 1.82) is 0 Å². The maximum absolute atomic E-state index is 13.4. The normalized spacial score (nSPS) is 10.3. The quantitative estimate of drug-likeness (QED) is 0.771. The van der Waals surface area contributed by atoms with Gasteiger partial charge in [-0.1, -0.05) is 28.1 Å². The molecule has 0 aliphatic heterocycles. The van der Waals surface area contributed by atoms with Crippen LogP contribution in [0.15, 0.2) is 40.9 Å². The maximum atomic E-state index is 13.4. The lowest BCUT2D eigenvalue weighted by Gasteiger charge is -2.09. The number of carbonyl (C=O) groups excluding carboxylic acids is 1. The van der Waals surface area contributed by atoms with Crippen LogP contribution in [0.1, 0.15) is 21.5 Å². The Morgan fingerprint density at radius 3 is 2.62 bits per heavy atom. The predicted molar refractivity (Wildman–Crippen MR) is 81.0 cm³/mol. The molecule has 0 aliphatic carbocycles. The molecule has 0 saturated carbocycles. The number of hydrogen-bond acceptors (Lipinski definition) is 3. The SMILES string of the molecule is COC(=O)c1ccc(COc2ccc(C)c(F)c2)c(Br)c1. The van der Waals surface area contributed by atoms with Crippen molar-refractivity contribution in [3.05, 3.63) is 63.4 Å².